The van der Waals surface area contributed by atoms with E-state index in [1.165, 1.54) is 24.0 Å². The molecule has 2 aromatic rings. The number of benzene rings is 2. The van der Waals surface area contributed by atoms with E-state index < -0.39 is 0 Å². The molecule has 1 unspecified atom stereocenters. The molecule has 160 valence electrons. The van der Waals surface area contributed by atoms with Crippen molar-refractivity contribution >= 4 is 29.1 Å². The van der Waals surface area contributed by atoms with Crippen molar-refractivity contribution in [2.75, 3.05) is 37.3 Å². The minimum Gasteiger partial charge on any atom is -0.329 e. The highest BCUT2D eigenvalue weighted by atomic mass is 19.1. The minimum absolute atomic E-state index is 0.0595. The number of carbonyl (C=O) groups excluding carboxylic acids is 3. The number of nitrogens with zero attached hydrogens (tertiary/aromatic N) is 1. The molecule has 1 atom stereocenters. The molecule has 0 spiro atoms. The zero-order chi connectivity index (χ0) is 22.1. The second-order valence-electron chi connectivity index (χ2n) is 7.16. The number of halogens is 1. The fourth-order valence-electron chi connectivity index (χ4n) is 3.02. The van der Waals surface area contributed by atoms with E-state index in [9.17, 15) is 18.8 Å². The Morgan fingerprint density at radius 3 is 2.23 bits per heavy atom. The summed E-state index contributed by atoms with van der Waals surface area (Å²) in [6.45, 7) is 4.28. The SMILES string of the molecule is CCN(CC(=O)Nc1ccc(NC(C)=O)cc1)C(=O)C[NH+](C)Cc1cccc(F)c1. The van der Waals surface area contributed by atoms with E-state index in [0.717, 1.165) is 10.5 Å². The first kappa shape index (κ1) is 23.0. The molecule has 0 heterocycles. The molecule has 0 aliphatic carbocycles. The lowest BCUT2D eigenvalue weighted by atomic mass is 10.2. The van der Waals surface area contributed by atoms with E-state index in [1.54, 1.807) is 30.3 Å². The third-order valence-electron chi connectivity index (χ3n) is 4.41. The first-order valence-corrected chi connectivity index (χ1v) is 9.78. The summed E-state index contributed by atoms with van der Waals surface area (Å²) < 4.78 is 13.3. The summed E-state index contributed by atoms with van der Waals surface area (Å²) in [4.78, 5) is 38.4. The van der Waals surface area contributed by atoms with Gasteiger partial charge >= 0.3 is 0 Å². The molecule has 2 aromatic carbocycles. The lowest BCUT2D eigenvalue weighted by molar-refractivity contribution is -0.885. The van der Waals surface area contributed by atoms with E-state index >= 15 is 0 Å². The van der Waals surface area contributed by atoms with Gasteiger partial charge < -0.3 is 20.4 Å². The molecule has 0 aliphatic rings. The highest BCUT2D eigenvalue weighted by Gasteiger charge is 2.19. The van der Waals surface area contributed by atoms with Crippen LogP contribution in [0, 0.1) is 5.82 Å². The third kappa shape index (κ3) is 7.63. The summed E-state index contributed by atoms with van der Waals surface area (Å²) in [6, 6.07) is 13.0. The number of carbonyl (C=O) groups is 3. The van der Waals surface area contributed by atoms with Crippen LogP contribution in [-0.2, 0) is 20.9 Å². The average Bonchev–Trinajstić information content (AvgIpc) is 2.67. The molecular formula is C22H28FN4O3+. The second-order valence-corrected chi connectivity index (χ2v) is 7.16. The van der Waals surface area contributed by atoms with Gasteiger partial charge in [-0.2, -0.15) is 0 Å². The lowest BCUT2D eigenvalue weighted by Crippen LogP contribution is -3.08. The van der Waals surface area contributed by atoms with Crippen molar-refractivity contribution in [3.8, 4) is 0 Å². The fourth-order valence-corrected chi connectivity index (χ4v) is 3.02. The van der Waals surface area contributed by atoms with Crippen molar-refractivity contribution in [1.29, 1.82) is 0 Å². The molecule has 3 amide bonds. The maximum atomic E-state index is 13.3. The highest BCUT2D eigenvalue weighted by Crippen LogP contribution is 2.13. The van der Waals surface area contributed by atoms with Gasteiger partial charge in [-0.3, -0.25) is 14.4 Å². The van der Waals surface area contributed by atoms with E-state index in [1.807, 2.05) is 20.0 Å². The van der Waals surface area contributed by atoms with Gasteiger partial charge in [-0.1, -0.05) is 12.1 Å². The minimum atomic E-state index is -0.305. The van der Waals surface area contributed by atoms with Gasteiger partial charge in [0.25, 0.3) is 5.91 Å². The Hall–Kier alpha value is -3.26. The number of hydrogen-bond acceptors (Lipinski definition) is 3. The van der Waals surface area contributed by atoms with E-state index in [-0.39, 0.29) is 36.6 Å². The average molecular weight is 415 g/mol. The number of rotatable bonds is 9. The van der Waals surface area contributed by atoms with Crippen LogP contribution in [0.5, 0.6) is 0 Å². The largest absolute Gasteiger partial charge is 0.329 e. The van der Waals surface area contributed by atoms with Crippen LogP contribution in [-0.4, -0.2) is 49.3 Å². The maximum Gasteiger partial charge on any atom is 0.278 e. The molecule has 0 aromatic heterocycles. The van der Waals surface area contributed by atoms with Gasteiger partial charge in [0, 0.05) is 30.4 Å². The standard InChI is InChI=1S/C22H27FN4O3/c1-4-27(22(30)15-26(3)13-17-6-5-7-18(23)12-17)14-21(29)25-20-10-8-19(9-11-20)24-16(2)28/h5-12H,4,13-15H2,1-3H3,(H,24,28)(H,25,29)/p+1. The van der Waals surface area contributed by atoms with Crippen molar-refractivity contribution in [3.05, 3.63) is 59.9 Å². The molecule has 30 heavy (non-hydrogen) atoms. The molecule has 8 heteroatoms. The number of likely N-dealkylation sites (N-methyl/N-ethyl adjacent to an activating group) is 2. The first-order chi connectivity index (χ1) is 14.3. The molecule has 0 saturated heterocycles. The van der Waals surface area contributed by atoms with E-state index in [4.69, 9.17) is 0 Å². The van der Waals surface area contributed by atoms with E-state index in [0.29, 0.717) is 24.5 Å². The van der Waals surface area contributed by atoms with Crippen molar-refractivity contribution in [1.82, 2.24) is 4.90 Å². The molecule has 0 fully saturated rings. The molecule has 3 N–H and O–H groups in total. The summed E-state index contributed by atoms with van der Waals surface area (Å²) in [5, 5.41) is 5.40. The smallest absolute Gasteiger partial charge is 0.278 e. The Labute approximate surface area is 175 Å². The van der Waals surface area contributed by atoms with Gasteiger partial charge in [-0.15, -0.1) is 0 Å². The molecular weight excluding hydrogens is 387 g/mol. The Morgan fingerprint density at radius 1 is 1.03 bits per heavy atom. The Morgan fingerprint density at radius 2 is 1.67 bits per heavy atom. The van der Waals surface area contributed by atoms with Crippen molar-refractivity contribution < 1.29 is 23.7 Å². The zero-order valence-electron chi connectivity index (χ0n) is 17.5. The summed E-state index contributed by atoms with van der Waals surface area (Å²) in [5.74, 6) is -0.931. The Balaban J connectivity index is 1.86. The lowest BCUT2D eigenvalue weighted by Gasteiger charge is -2.22. The molecule has 7 nitrogen and oxygen atoms in total. The topological polar surface area (TPSA) is 83.0 Å². The van der Waals surface area contributed by atoms with Gasteiger partial charge in [-0.25, -0.2) is 4.39 Å². The number of nitrogens with one attached hydrogen (secondary N) is 3. The molecule has 0 saturated carbocycles. The molecule has 0 radical (unpaired) electrons. The van der Waals surface area contributed by atoms with Crippen LogP contribution in [0.15, 0.2) is 48.5 Å². The summed E-state index contributed by atoms with van der Waals surface area (Å²) in [7, 11) is 1.85. The van der Waals surface area contributed by atoms with Gasteiger partial charge in [0.15, 0.2) is 6.54 Å². The normalized spacial score (nSPS) is 11.5. The van der Waals surface area contributed by atoms with Crippen molar-refractivity contribution in [3.63, 3.8) is 0 Å². The number of anilines is 2. The number of quaternary nitrogens is 1. The van der Waals surface area contributed by atoms with Crippen molar-refractivity contribution in [2.24, 2.45) is 0 Å². The van der Waals surface area contributed by atoms with Gasteiger partial charge in [0.1, 0.15) is 18.9 Å². The second kappa shape index (κ2) is 11.1. The van der Waals surface area contributed by atoms with Crippen LogP contribution in [0.25, 0.3) is 0 Å². The van der Waals surface area contributed by atoms with Crippen molar-refractivity contribution in [2.45, 2.75) is 20.4 Å². The quantitative estimate of drug-likeness (QED) is 0.577. The van der Waals surface area contributed by atoms with Crippen LogP contribution in [0.3, 0.4) is 0 Å². The van der Waals surface area contributed by atoms with Crippen LogP contribution >= 0.6 is 0 Å². The van der Waals surface area contributed by atoms with Crippen LogP contribution in [0.2, 0.25) is 0 Å². The van der Waals surface area contributed by atoms with Gasteiger partial charge in [-0.05, 0) is 43.3 Å². The van der Waals surface area contributed by atoms with E-state index in [2.05, 4.69) is 10.6 Å². The molecule has 0 bridgehead atoms. The first-order valence-electron chi connectivity index (χ1n) is 9.78. The molecule has 0 aliphatic heterocycles. The fraction of sp³-hybridized carbons (Fsp3) is 0.318. The van der Waals surface area contributed by atoms with Crippen LogP contribution < -0.4 is 15.5 Å². The summed E-state index contributed by atoms with van der Waals surface area (Å²) in [6.07, 6.45) is 0. The zero-order valence-corrected chi connectivity index (χ0v) is 17.5. The Bertz CT molecular complexity index is 886. The van der Waals surface area contributed by atoms with Crippen LogP contribution in [0.4, 0.5) is 15.8 Å². The predicted molar refractivity (Wildman–Crippen MR) is 113 cm³/mol. The monoisotopic (exact) mass is 415 g/mol. The van der Waals surface area contributed by atoms with Gasteiger partial charge in [0.2, 0.25) is 11.8 Å². The highest BCUT2D eigenvalue weighted by molar-refractivity contribution is 5.95. The Kier molecular flexibility index (Phi) is 8.49. The summed E-state index contributed by atoms with van der Waals surface area (Å²) in [5.41, 5.74) is 2.02. The maximum absolute atomic E-state index is 13.3. The number of hydrogen-bond donors (Lipinski definition) is 3. The third-order valence-corrected chi connectivity index (χ3v) is 4.41. The number of amides is 3. The van der Waals surface area contributed by atoms with Gasteiger partial charge in [0.05, 0.1) is 7.05 Å². The predicted octanol–water partition coefficient (Wildman–Crippen LogP) is 1.29. The van der Waals surface area contributed by atoms with Crippen LogP contribution in [0.1, 0.15) is 19.4 Å². The molecule has 2 rings (SSSR count). The summed E-state index contributed by atoms with van der Waals surface area (Å²) >= 11 is 0.